The minimum absolute atomic E-state index is 0.00613. The van der Waals surface area contributed by atoms with Crippen molar-refractivity contribution in [2.45, 2.75) is 43.9 Å². The molecule has 4 rings (SSSR count). The maximum Gasteiger partial charge on any atom is 0.433 e. The summed E-state index contributed by atoms with van der Waals surface area (Å²) in [6.45, 7) is 5.21. The van der Waals surface area contributed by atoms with E-state index in [4.69, 9.17) is 4.74 Å². The van der Waals surface area contributed by atoms with Crippen LogP contribution in [0.1, 0.15) is 32.2 Å². The normalized spacial score (nSPS) is 15.5. The molecule has 0 aromatic carbocycles. The first kappa shape index (κ1) is 22.1. The van der Waals surface area contributed by atoms with E-state index >= 15 is 0 Å². The molecule has 0 saturated heterocycles. The molecule has 0 atom stereocenters. The second-order valence-electron chi connectivity index (χ2n) is 7.91. The SMILES string of the molecule is CCS(=O)(=O)c1cc2c(nc1-c1nnc(-c3cc(C(F)(F)F)ncn3)n1C)CC(C)(C)O2. The molecular formula is C19H19F3N6O3S. The van der Waals surface area contributed by atoms with Gasteiger partial charge in [0, 0.05) is 19.5 Å². The zero-order valence-corrected chi connectivity index (χ0v) is 18.4. The van der Waals surface area contributed by atoms with Crippen molar-refractivity contribution in [1.29, 1.82) is 0 Å². The lowest BCUT2D eigenvalue weighted by atomic mass is 10.1. The van der Waals surface area contributed by atoms with Crippen LogP contribution in [0.25, 0.3) is 23.0 Å². The van der Waals surface area contributed by atoms with E-state index < -0.39 is 27.3 Å². The van der Waals surface area contributed by atoms with Crippen LogP contribution in [0.2, 0.25) is 0 Å². The van der Waals surface area contributed by atoms with Gasteiger partial charge in [0.2, 0.25) is 0 Å². The van der Waals surface area contributed by atoms with Gasteiger partial charge in [-0.1, -0.05) is 6.92 Å². The Morgan fingerprint density at radius 3 is 2.50 bits per heavy atom. The zero-order chi connectivity index (χ0) is 23.5. The van der Waals surface area contributed by atoms with Gasteiger partial charge in [0.25, 0.3) is 0 Å². The highest BCUT2D eigenvalue weighted by molar-refractivity contribution is 7.91. The number of hydrogen-bond donors (Lipinski definition) is 0. The molecule has 0 fully saturated rings. The Hall–Kier alpha value is -3.09. The minimum atomic E-state index is -4.66. The van der Waals surface area contributed by atoms with E-state index in [-0.39, 0.29) is 33.7 Å². The molecule has 9 nitrogen and oxygen atoms in total. The Bertz CT molecular complexity index is 1320. The van der Waals surface area contributed by atoms with E-state index in [2.05, 4.69) is 25.1 Å². The van der Waals surface area contributed by atoms with Crippen LogP contribution < -0.4 is 4.74 Å². The van der Waals surface area contributed by atoms with E-state index in [1.807, 2.05) is 13.8 Å². The van der Waals surface area contributed by atoms with Gasteiger partial charge in [-0.05, 0) is 19.9 Å². The minimum Gasteiger partial charge on any atom is -0.485 e. The number of pyridine rings is 1. The number of hydrogen-bond acceptors (Lipinski definition) is 8. The number of fused-ring (bicyclic) bond motifs is 1. The van der Waals surface area contributed by atoms with Crippen molar-refractivity contribution in [3.63, 3.8) is 0 Å². The second kappa shape index (κ2) is 7.22. The third-order valence-electron chi connectivity index (χ3n) is 4.99. The van der Waals surface area contributed by atoms with Gasteiger partial charge >= 0.3 is 6.18 Å². The van der Waals surface area contributed by atoms with Crippen molar-refractivity contribution >= 4 is 9.84 Å². The van der Waals surface area contributed by atoms with E-state index in [0.29, 0.717) is 17.9 Å². The number of sulfone groups is 1. The number of halogens is 3. The maximum absolute atomic E-state index is 13.0. The molecule has 0 unspecified atom stereocenters. The standard InChI is InChI=1S/C19H19F3N6O3S/c1-5-32(29,30)13-7-12-11(8-18(2,3)31-12)25-15(13)17-27-26-16(28(17)4)10-6-14(19(20,21)22)24-9-23-10/h6-7,9H,5,8H2,1-4H3. The van der Waals surface area contributed by atoms with Gasteiger partial charge < -0.3 is 9.30 Å². The average Bonchev–Trinajstić information content (AvgIpc) is 3.23. The Morgan fingerprint density at radius 2 is 1.84 bits per heavy atom. The molecule has 0 amide bonds. The van der Waals surface area contributed by atoms with Crippen LogP contribution in [0.4, 0.5) is 13.2 Å². The Balaban J connectivity index is 1.89. The Kier molecular flexibility index (Phi) is 4.99. The van der Waals surface area contributed by atoms with Crippen LogP contribution >= 0.6 is 0 Å². The summed E-state index contributed by atoms with van der Waals surface area (Å²) in [6.07, 6.45) is -3.42. The van der Waals surface area contributed by atoms with Crippen molar-refractivity contribution in [3.8, 4) is 28.8 Å². The number of ether oxygens (including phenoxy) is 1. The number of aromatic nitrogens is 6. The van der Waals surface area contributed by atoms with E-state index in [1.54, 1.807) is 0 Å². The fourth-order valence-electron chi connectivity index (χ4n) is 3.41. The highest BCUT2D eigenvalue weighted by atomic mass is 32.2. The summed E-state index contributed by atoms with van der Waals surface area (Å²) in [5.74, 6) is 0.271. The van der Waals surface area contributed by atoms with Crippen LogP contribution in [0.3, 0.4) is 0 Å². The molecule has 170 valence electrons. The fourth-order valence-corrected chi connectivity index (χ4v) is 4.44. The predicted octanol–water partition coefficient (Wildman–Crippen LogP) is 2.86. The summed E-state index contributed by atoms with van der Waals surface area (Å²) in [5.41, 5.74) is -1.18. The third-order valence-corrected chi connectivity index (χ3v) is 6.74. The van der Waals surface area contributed by atoms with Crippen LogP contribution in [0, 0.1) is 0 Å². The van der Waals surface area contributed by atoms with Crippen LogP contribution in [-0.2, 0) is 29.5 Å². The molecule has 0 aliphatic carbocycles. The predicted molar refractivity (Wildman–Crippen MR) is 106 cm³/mol. The number of alkyl halides is 3. The largest absolute Gasteiger partial charge is 0.485 e. The van der Waals surface area contributed by atoms with Crippen LogP contribution in [0.5, 0.6) is 5.75 Å². The quantitative estimate of drug-likeness (QED) is 0.575. The van der Waals surface area contributed by atoms with Crippen LogP contribution in [-0.4, -0.2) is 49.5 Å². The molecule has 4 heterocycles. The Labute approximate surface area is 181 Å². The van der Waals surface area contributed by atoms with Gasteiger partial charge in [-0.25, -0.2) is 23.4 Å². The molecule has 0 bridgehead atoms. The van der Waals surface area contributed by atoms with Gasteiger partial charge in [-0.15, -0.1) is 10.2 Å². The molecule has 13 heteroatoms. The first-order valence-electron chi connectivity index (χ1n) is 9.57. The molecule has 0 N–H and O–H groups in total. The van der Waals surface area contributed by atoms with Crippen molar-refractivity contribution in [2.75, 3.05) is 5.75 Å². The molecule has 32 heavy (non-hydrogen) atoms. The first-order chi connectivity index (χ1) is 14.8. The van der Waals surface area contributed by atoms with Gasteiger partial charge in [0.1, 0.15) is 39.7 Å². The van der Waals surface area contributed by atoms with Crippen molar-refractivity contribution in [3.05, 3.63) is 29.8 Å². The molecule has 0 radical (unpaired) electrons. The Morgan fingerprint density at radius 1 is 1.16 bits per heavy atom. The summed E-state index contributed by atoms with van der Waals surface area (Å²) >= 11 is 0. The van der Waals surface area contributed by atoms with E-state index in [0.717, 1.165) is 12.4 Å². The number of rotatable bonds is 4. The molecular weight excluding hydrogens is 449 g/mol. The first-order valence-corrected chi connectivity index (χ1v) is 11.2. The summed E-state index contributed by atoms with van der Waals surface area (Å²) in [4.78, 5) is 11.5. The topological polar surface area (TPSA) is 113 Å². The summed E-state index contributed by atoms with van der Waals surface area (Å²) < 4.78 is 71.9. The zero-order valence-electron chi connectivity index (χ0n) is 17.6. The highest BCUT2D eigenvalue weighted by Gasteiger charge is 2.36. The molecule has 3 aromatic rings. The molecule has 0 spiro atoms. The second-order valence-corrected chi connectivity index (χ2v) is 10.2. The van der Waals surface area contributed by atoms with E-state index in [9.17, 15) is 21.6 Å². The summed E-state index contributed by atoms with van der Waals surface area (Å²) in [7, 11) is -2.23. The third kappa shape index (κ3) is 3.80. The molecule has 0 saturated carbocycles. The lowest BCUT2D eigenvalue weighted by Crippen LogP contribution is -2.24. The lowest BCUT2D eigenvalue weighted by molar-refractivity contribution is -0.141. The van der Waals surface area contributed by atoms with Crippen molar-refractivity contribution in [1.82, 2.24) is 29.7 Å². The smallest absolute Gasteiger partial charge is 0.433 e. The van der Waals surface area contributed by atoms with Gasteiger partial charge in [0.15, 0.2) is 21.5 Å². The molecule has 1 aliphatic heterocycles. The number of nitrogens with zero attached hydrogens (tertiary/aromatic N) is 6. The van der Waals surface area contributed by atoms with Gasteiger partial charge in [-0.3, -0.25) is 0 Å². The molecule has 3 aromatic heterocycles. The monoisotopic (exact) mass is 468 g/mol. The van der Waals surface area contributed by atoms with Gasteiger partial charge in [0.05, 0.1) is 11.4 Å². The lowest BCUT2D eigenvalue weighted by Gasteiger charge is -2.16. The van der Waals surface area contributed by atoms with Crippen molar-refractivity contribution in [2.24, 2.45) is 7.05 Å². The molecule has 1 aliphatic rings. The van der Waals surface area contributed by atoms with E-state index in [1.165, 1.54) is 24.6 Å². The summed E-state index contributed by atoms with van der Waals surface area (Å²) in [6, 6.07) is 2.18. The van der Waals surface area contributed by atoms with Crippen molar-refractivity contribution < 1.29 is 26.3 Å². The summed E-state index contributed by atoms with van der Waals surface area (Å²) in [5, 5.41) is 7.97. The average molecular weight is 468 g/mol. The van der Waals surface area contributed by atoms with Gasteiger partial charge in [-0.2, -0.15) is 13.2 Å². The fraction of sp³-hybridized carbons (Fsp3) is 0.421. The van der Waals surface area contributed by atoms with Crippen LogP contribution in [0.15, 0.2) is 23.4 Å². The highest BCUT2D eigenvalue weighted by Crippen LogP contribution is 2.39. The maximum atomic E-state index is 13.0.